The zero-order valence-corrected chi connectivity index (χ0v) is 15.0. The van der Waals surface area contributed by atoms with E-state index in [4.69, 9.17) is 35.4 Å². The summed E-state index contributed by atoms with van der Waals surface area (Å²) in [6, 6.07) is 14.9. The number of thiocarbonyl (C=S) groups is 1. The number of carbonyl (C=O) groups is 1. The highest BCUT2D eigenvalue weighted by molar-refractivity contribution is 8.26. The Kier molecular flexibility index (Phi) is 5.07. The van der Waals surface area contributed by atoms with Crippen molar-refractivity contribution in [3.8, 4) is 0 Å². The van der Waals surface area contributed by atoms with Gasteiger partial charge in [0.25, 0.3) is 5.91 Å². The summed E-state index contributed by atoms with van der Waals surface area (Å²) in [5.41, 5.74) is 1.78. The Morgan fingerprint density at radius 2 is 1.87 bits per heavy atom. The molecule has 2 aromatic carbocycles. The summed E-state index contributed by atoms with van der Waals surface area (Å²) < 4.78 is 0.551. The zero-order valence-electron chi connectivity index (χ0n) is 11.8. The summed E-state index contributed by atoms with van der Waals surface area (Å²) >= 11 is 18.7. The van der Waals surface area contributed by atoms with Gasteiger partial charge in [0.15, 0.2) is 0 Å². The van der Waals surface area contributed by atoms with Crippen LogP contribution in [0.3, 0.4) is 0 Å². The highest BCUT2D eigenvalue weighted by atomic mass is 35.5. The van der Waals surface area contributed by atoms with E-state index in [0.29, 0.717) is 25.8 Å². The van der Waals surface area contributed by atoms with Crippen LogP contribution in [0.15, 0.2) is 53.4 Å². The predicted molar refractivity (Wildman–Crippen MR) is 102 cm³/mol. The molecule has 1 amide bonds. The van der Waals surface area contributed by atoms with Gasteiger partial charge in [0.1, 0.15) is 4.32 Å². The number of benzene rings is 2. The van der Waals surface area contributed by atoms with Crippen molar-refractivity contribution in [3.05, 3.63) is 74.6 Å². The van der Waals surface area contributed by atoms with E-state index in [1.807, 2.05) is 30.3 Å². The van der Waals surface area contributed by atoms with E-state index in [9.17, 15) is 4.79 Å². The lowest BCUT2D eigenvalue weighted by atomic mass is 10.2. The third kappa shape index (κ3) is 3.78. The lowest BCUT2D eigenvalue weighted by Gasteiger charge is -2.14. The van der Waals surface area contributed by atoms with Crippen molar-refractivity contribution in [1.82, 2.24) is 4.90 Å². The molecule has 0 saturated carbocycles. The molecule has 1 aliphatic heterocycles. The van der Waals surface area contributed by atoms with Crippen LogP contribution in [0.4, 0.5) is 0 Å². The highest BCUT2D eigenvalue weighted by Gasteiger charge is 2.32. The SMILES string of the molecule is O=C1/C(=C/c2ccc(Cl)cc2Cl)SC(=S)N1Cc1ccccc1. The van der Waals surface area contributed by atoms with Crippen LogP contribution >= 0.6 is 47.2 Å². The molecule has 6 heteroatoms. The second-order valence-corrected chi connectivity index (χ2v) is 7.44. The fourth-order valence-electron chi connectivity index (χ4n) is 2.16. The summed E-state index contributed by atoms with van der Waals surface area (Å²) in [6.45, 7) is 0.469. The minimum atomic E-state index is -0.102. The molecular weight excluding hydrogens is 369 g/mol. The molecule has 23 heavy (non-hydrogen) atoms. The van der Waals surface area contributed by atoms with Crippen molar-refractivity contribution < 1.29 is 4.79 Å². The van der Waals surface area contributed by atoms with Crippen LogP contribution < -0.4 is 0 Å². The van der Waals surface area contributed by atoms with Gasteiger partial charge < -0.3 is 0 Å². The van der Waals surface area contributed by atoms with Crippen LogP contribution in [-0.2, 0) is 11.3 Å². The molecule has 1 saturated heterocycles. The second kappa shape index (κ2) is 7.05. The molecule has 116 valence electrons. The molecule has 0 aliphatic carbocycles. The van der Waals surface area contributed by atoms with Crippen molar-refractivity contribution in [1.29, 1.82) is 0 Å². The van der Waals surface area contributed by atoms with E-state index in [-0.39, 0.29) is 5.91 Å². The van der Waals surface area contributed by atoms with Crippen LogP contribution in [0.5, 0.6) is 0 Å². The first-order chi connectivity index (χ1) is 11.0. The van der Waals surface area contributed by atoms with Crippen LogP contribution in [0.1, 0.15) is 11.1 Å². The molecule has 0 atom stereocenters. The molecule has 2 aromatic rings. The van der Waals surface area contributed by atoms with Gasteiger partial charge in [-0.25, -0.2) is 0 Å². The van der Waals surface area contributed by atoms with Crippen LogP contribution in [-0.4, -0.2) is 15.1 Å². The summed E-state index contributed by atoms with van der Waals surface area (Å²) in [6.07, 6.45) is 1.75. The van der Waals surface area contributed by atoms with Crippen LogP contribution in [0.2, 0.25) is 10.0 Å². The van der Waals surface area contributed by atoms with Crippen LogP contribution in [0, 0.1) is 0 Å². The van der Waals surface area contributed by atoms with E-state index in [2.05, 4.69) is 0 Å². The molecule has 1 aliphatic rings. The Morgan fingerprint density at radius 1 is 1.13 bits per heavy atom. The summed E-state index contributed by atoms with van der Waals surface area (Å²) in [5, 5.41) is 1.06. The quantitative estimate of drug-likeness (QED) is 0.526. The first-order valence-electron chi connectivity index (χ1n) is 6.79. The largest absolute Gasteiger partial charge is 0.288 e. The maximum atomic E-state index is 12.6. The molecule has 1 heterocycles. The first-order valence-corrected chi connectivity index (χ1v) is 8.77. The Hall–Kier alpha value is -1.33. The lowest BCUT2D eigenvalue weighted by Crippen LogP contribution is -2.27. The Morgan fingerprint density at radius 3 is 2.57 bits per heavy atom. The molecule has 0 aromatic heterocycles. The van der Waals surface area contributed by atoms with Crippen LogP contribution in [0.25, 0.3) is 6.08 Å². The van der Waals surface area contributed by atoms with E-state index >= 15 is 0 Å². The van der Waals surface area contributed by atoms with Crippen molar-refractivity contribution in [2.45, 2.75) is 6.54 Å². The maximum Gasteiger partial charge on any atom is 0.266 e. The van der Waals surface area contributed by atoms with E-state index in [1.165, 1.54) is 11.8 Å². The van der Waals surface area contributed by atoms with Gasteiger partial charge in [0.2, 0.25) is 0 Å². The minimum absolute atomic E-state index is 0.102. The number of hydrogen-bond acceptors (Lipinski definition) is 3. The Bertz CT molecular complexity index is 805. The fourth-order valence-corrected chi connectivity index (χ4v) is 3.87. The summed E-state index contributed by atoms with van der Waals surface area (Å²) in [5.74, 6) is -0.102. The third-order valence-corrected chi connectivity index (χ3v) is 5.25. The molecule has 0 radical (unpaired) electrons. The first kappa shape index (κ1) is 16.5. The molecule has 0 bridgehead atoms. The van der Waals surface area contributed by atoms with Gasteiger partial charge in [0.05, 0.1) is 11.4 Å². The van der Waals surface area contributed by atoms with Gasteiger partial charge in [-0.05, 0) is 29.3 Å². The monoisotopic (exact) mass is 379 g/mol. The van der Waals surface area contributed by atoms with Gasteiger partial charge in [-0.15, -0.1) is 0 Å². The zero-order chi connectivity index (χ0) is 16.4. The second-order valence-electron chi connectivity index (χ2n) is 4.92. The molecule has 3 rings (SSSR count). The minimum Gasteiger partial charge on any atom is -0.288 e. The van der Waals surface area contributed by atoms with E-state index < -0.39 is 0 Å². The number of amides is 1. The van der Waals surface area contributed by atoms with Crippen molar-refractivity contribution in [2.24, 2.45) is 0 Å². The van der Waals surface area contributed by atoms with Crippen molar-refractivity contribution in [2.75, 3.05) is 0 Å². The van der Waals surface area contributed by atoms with Crippen molar-refractivity contribution in [3.63, 3.8) is 0 Å². The average Bonchev–Trinajstić information content (AvgIpc) is 2.79. The number of hydrogen-bond donors (Lipinski definition) is 0. The number of rotatable bonds is 3. The number of halogens is 2. The van der Waals surface area contributed by atoms with E-state index in [0.717, 1.165) is 11.1 Å². The molecule has 0 unspecified atom stereocenters. The predicted octanol–water partition coefficient (Wildman–Crippen LogP) is 5.39. The lowest BCUT2D eigenvalue weighted by molar-refractivity contribution is -0.122. The maximum absolute atomic E-state index is 12.6. The van der Waals surface area contributed by atoms with Gasteiger partial charge in [-0.2, -0.15) is 0 Å². The number of thioether (sulfide) groups is 1. The fraction of sp³-hybridized carbons (Fsp3) is 0.0588. The standard InChI is InChI=1S/C17H11Cl2NOS2/c18-13-7-6-12(14(19)9-13)8-15-16(21)20(17(22)23-15)10-11-4-2-1-3-5-11/h1-9H,10H2/b15-8-. The van der Waals surface area contributed by atoms with Gasteiger partial charge in [-0.3, -0.25) is 9.69 Å². The van der Waals surface area contributed by atoms with Crippen molar-refractivity contribution >= 4 is 63.5 Å². The topological polar surface area (TPSA) is 20.3 Å². The smallest absolute Gasteiger partial charge is 0.266 e. The Balaban J connectivity index is 1.84. The third-order valence-electron chi connectivity index (χ3n) is 3.31. The Labute approximate surface area is 154 Å². The van der Waals surface area contributed by atoms with Gasteiger partial charge in [-0.1, -0.05) is 83.6 Å². The number of nitrogens with zero attached hydrogens (tertiary/aromatic N) is 1. The molecule has 2 nitrogen and oxygen atoms in total. The van der Waals surface area contributed by atoms with Gasteiger partial charge >= 0.3 is 0 Å². The highest BCUT2D eigenvalue weighted by Crippen LogP contribution is 2.35. The molecular formula is C17H11Cl2NOS2. The normalized spacial score (nSPS) is 16.4. The van der Waals surface area contributed by atoms with E-state index in [1.54, 1.807) is 29.2 Å². The summed E-state index contributed by atoms with van der Waals surface area (Å²) in [4.78, 5) is 14.8. The number of carbonyl (C=O) groups excluding carboxylic acids is 1. The average molecular weight is 380 g/mol. The van der Waals surface area contributed by atoms with Gasteiger partial charge in [0, 0.05) is 10.0 Å². The molecule has 0 N–H and O–H groups in total. The summed E-state index contributed by atoms with van der Waals surface area (Å²) in [7, 11) is 0. The molecule has 1 fully saturated rings. The molecule has 0 spiro atoms.